The van der Waals surface area contributed by atoms with Gasteiger partial charge in [0.2, 0.25) is 0 Å². The van der Waals surface area contributed by atoms with Crippen molar-refractivity contribution in [2.45, 2.75) is 13.0 Å². The summed E-state index contributed by atoms with van der Waals surface area (Å²) in [6, 6.07) is 9.41. The van der Waals surface area contributed by atoms with Gasteiger partial charge in [-0.1, -0.05) is 12.1 Å². The molecule has 1 saturated heterocycles. The number of Topliss-reactive ketones (excluding diaryl/α,β-unsaturated/α-hetero) is 1. The third-order valence-electron chi connectivity index (χ3n) is 3.75. The SMILES string of the molecule is CC1CN(CC(=O)c2ccc(C#N)cc2)CCN1C. The molecule has 0 radical (unpaired) electrons. The van der Waals surface area contributed by atoms with Crippen molar-refractivity contribution in [3.63, 3.8) is 0 Å². The molecule has 1 heterocycles. The van der Waals surface area contributed by atoms with Crippen LogP contribution in [0, 0.1) is 11.3 Å². The maximum atomic E-state index is 12.2. The lowest BCUT2D eigenvalue weighted by atomic mass is 10.1. The smallest absolute Gasteiger partial charge is 0.176 e. The molecule has 0 saturated carbocycles. The first-order valence-electron chi connectivity index (χ1n) is 6.56. The molecule has 19 heavy (non-hydrogen) atoms. The van der Waals surface area contributed by atoms with Gasteiger partial charge < -0.3 is 4.90 Å². The summed E-state index contributed by atoms with van der Waals surface area (Å²) in [6.07, 6.45) is 0. The van der Waals surface area contributed by atoms with Crippen LogP contribution in [-0.2, 0) is 0 Å². The first-order valence-corrected chi connectivity index (χ1v) is 6.56. The normalized spacial score (nSPS) is 21.0. The van der Waals surface area contributed by atoms with Gasteiger partial charge in [0.25, 0.3) is 0 Å². The fraction of sp³-hybridized carbons (Fsp3) is 0.467. The topological polar surface area (TPSA) is 47.3 Å². The van der Waals surface area contributed by atoms with Gasteiger partial charge in [-0.05, 0) is 26.1 Å². The van der Waals surface area contributed by atoms with Gasteiger partial charge >= 0.3 is 0 Å². The monoisotopic (exact) mass is 257 g/mol. The van der Waals surface area contributed by atoms with Crippen molar-refractivity contribution in [3.05, 3.63) is 35.4 Å². The van der Waals surface area contributed by atoms with E-state index in [1.165, 1.54) is 0 Å². The predicted molar refractivity (Wildman–Crippen MR) is 74.0 cm³/mol. The summed E-state index contributed by atoms with van der Waals surface area (Å²) in [6.45, 7) is 5.51. The van der Waals surface area contributed by atoms with Crippen LogP contribution in [0.1, 0.15) is 22.8 Å². The van der Waals surface area contributed by atoms with Gasteiger partial charge in [-0.25, -0.2) is 0 Å². The van der Waals surface area contributed by atoms with Gasteiger partial charge in [0, 0.05) is 31.2 Å². The fourth-order valence-electron chi connectivity index (χ4n) is 2.29. The highest BCUT2D eigenvalue weighted by atomic mass is 16.1. The van der Waals surface area contributed by atoms with Crippen LogP contribution in [0.5, 0.6) is 0 Å². The van der Waals surface area contributed by atoms with Gasteiger partial charge in [-0.2, -0.15) is 5.26 Å². The number of rotatable bonds is 3. The van der Waals surface area contributed by atoms with E-state index in [1.54, 1.807) is 24.3 Å². The molecule has 4 nitrogen and oxygen atoms in total. The molecule has 1 aliphatic rings. The first kappa shape index (κ1) is 13.7. The van der Waals surface area contributed by atoms with E-state index >= 15 is 0 Å². The highest BCUT2D eigenvalue weighted by molar-refractivity contribution is 5.97. The number of likely N-dealkylation sites (N-methyl/N-ethyl adjacent to an activating group) is 1. The first-order chi connectivity index (χ1) is 9.10. The Morgan fingerprint density at radius 1 is 1.37 bits per heavy atom. The Labute approximate surface area is 114 Å². The number of carbonyl (C=O) groups excluding carboxylic acids is 1. The van der Waals surface area contributed by atoms with Crippen LogP contribution >= 0.6 is 0 Å². The summed E-state index contributed by atoms with van der Waals surface area (Å²) in [5, 5.41) is 8.73. The van der Waals surface area contributed by atoms with E-state index in [4.69, 9.17) is 5.26 Å². The van der Waals surface area contributed by atoms with Crippen LogP contribution in [0.4, 0.5) is 0 Å². The van der Waals surface area contributed by atoms with Crippen molar-refractivity contribution in [1.82, 2.24) is 9.80 Å². The molecule has 1 atom stereocenters. The molecule has 0 amide bonds. The third kappa shape index (κ3) is 3.40. The minimum Gasteiger partial charge on any atom is -0.301 e. The number of carbonyl (C=O) groups is 1. The van der Waals surface area contributed by atoms with Crippen LogP contribution in [0.2, 0.25) is 0 Å². The molecule has 4 heteroatoms. The minimum atomic E-state index is 0.126. The zero-order valence-corrected chi connectivity index (χ0v) is 11.5. The molecular weight excluding hydrogens is 238 g/mol. The van der Waals surface area contributed by atoms with Crippen molar-refractivity contribution in [2.24, 2.45) is 0 Å². The van der Waals surface area contributed by atoms with E-state index in [0.717, 1.165) is 19.6 Å². The van der Waals surface area contributed by atoms with Crippen LogP contribution in [0.15, 0.2) is 24.3 Å². The second-order valence-electron chi connectivity index (χ2n) is 5.18. The second-order valence-corrected chi connectivity index (χ2v) is 5.18. The van der Waals surface area contributed by atoms with Crippen molar-refractivity contribution in [2.75, 3.05) is 33.2 Å². The standard InChI is InChI=1S/C15H19N3O/c1-12-10-18(8-7-17(12)2)11-15(19)14-5-3-13(9-16)4-6-14/h3-6,12H,7-8,10-11H2,1-2H3. The summed E-state index contributed by atoms with van der Waals surface area (Å²) in [4.78, 5) is 16.7. The number of hydrogen-bond acceptors (Lipinski definition) is 4. The molecule has 0 N–H and O–H groups in total. The van der Waals surface area contributed by atoms with Crippen molar-refractivity contribution in [3.8, 4) is 6.07 Å². The average Bonchev–Trinajstić information content (AvgIpc) is 2.43. The molecule has 2 rings (SSSR count). The number of benzene rings is 1. The molecule has 1 aliphatic heterocycles. The molecule has 0 spiro atoms. The second kappa shape index (κ2) is 5.96. The van der Waals surface area contributed by atoms with Gasteiger partial charge in [-0.15, -0.1) is 0 Å². The highest BCUT2D eigenvalue weighted by Crippen LogP contribution is 2.09. The van der Waals surface area contributed by atoms with E-state index in [1.807, 2.05) is 0 Å². The zero-order chi connectivity index (χ0) is 13.8. The Bertz CT molecular complexity index is 489. The zero-order valence-electron chi connectivity index (χ0n) is 11.5. The van der Waals surface area contributed by atoms with Crippen LogP contribution in [0.3, 0.4) is 0 Å². The van der Waals surface area contributed by atoms with Gasteiger partial charge in [0.15, 0.2) is 5.78 Å². The molecule has 0 bridgehead atoms. The van der Waals surface area contributed by atoms with Gasteiger partial charge in [-0.3, -0.25) is 9.69 Å². The van der Waals surface area contributed by atoms with E-state index in [0.29, 0.717) is 23.7 Å². The largest absolute Gasteiger partial charge is 0.301 e. The molecule has 0 aliphatic carbocycles. The minimum absolute atomic E-state index is 0.126. The van der Waals surface area contributed by atoms with Crippen molar-refractivity contribution >= 4 is 5.78 Å². The van der Waals surface area contributed by atoms with Crippen LogP contribution < -0.4 is 0 Å². The Morgan fingerprint density at radius 2 is 2.05 bits per heavy atom. The molecule has 100 valence electrons. The lowest BCUT2D eigenvalue weighted by molar-refractivity contribution is 0.0786. The van der Waals surface area contributed by atoms with E-state index < -0.39 is 0 Å². The molecule has 1 fully saturated rings. The van der Waals surface area contributed by atoms with Crippen molar-refractivity contribution < 1.29 is 4.79 Å². The third-order valence-corrected chi connectivity index (χ3v) is 3.75. The molecular formula is C15H19N3O. The summed E-state index contributed by atoms with van der Waals surface area (Å²) in [7, 11) is 2.12. The average molecular weight is 257 g/mol. The summed E-state index contributed by atoms with van der Waals surface area (Å²) in [5.74, 6) is 0.126. The van der Waals surface area contributed by atoms with E-state index in [-0.39, 0.29) is 5.78 Å². The highest BCUT2D eigenvalue weighted by Gasteiger charge is 2.22. The Morgan fingerprint density at radius 3 is 2.63 bits per heavy atom. The molecule has 0 aromatic heterocycles. The Hall–Kier alpha value is -1.70. The quantitative estimate of drug-likeness (QED) is 0.767. The lowest BCUT2D eigenvalue weighted by Gasteiger charge is -2.37. The molecule has 1 aromatic rings. The fourth-order valence-corrected chi connectivity index (χ4v) is 2.29. The van der Waals surface area contributed by atoms with Gasteiger partial charge in [0.1, 0.15) is 0 Å². The number of nitriles is 1. The van der Waals surface area contributed by atoms with Crippen LogP contribution in [-0.4, -0.2) is 54.9 Å². The maximum Gasteiger partial charge on any atom is 0.176 e. The van der Waals surface area contributed by atoms with E-state index in [2.05, 4.69) is 29.8 Å². The summed E-state index contributed by atoms with van der Waals surface area (Å²) in [5.41, 5.74) is 1.27. The number of nitrogens with zero attached hydrogens (tertiary/aromatic N) is 3. The van der Waals surface area contributed by atoms with E-state index in [9.17, 15) is 4.79 Å². The number of hydrogen-bond donors (Lipinski definition) is 0. The Kier molecular flexibility index (Phi) is 4.31. The molecule has 1 unspecified atom stereocenters. The number of ketones is 1. The summed E-state index contributed by atoms with van der Waals surface area (Å²) >= 11 is 0. The predicted octanol–water partition coefficient (Wildman–Crippen LogP) is 1.38. The Balaban J connectivity index is 1.95. The molecule has 1 aromatic carbocycles. The van der Waals surface area contributed by atoms with Crippen molar-refractivity contribution in [1.29, 1.82) is 5.26 Å². The summed E-state index contributed by atoms with van der Waals surface area (Å²) < 4.78 is 0. The van der Waals surface area contributed by atoms with Crippen LogP contribution in [0.25, 0.3) is 0 Å². The maximum absolute atomic E-state index is 12.2. The lowest BCUT2D eigenvalue weighted by Crippen LogP contribution is -2.51. The number of piperazine rings is 1. The van der Waals surface area contributed by atoms with Gasteiger partial charge in [0.05, 0.1) is 18.2 Å².